The Kier molecular flexibility index (Phi) is 7.18. The number of benzene rings is 1. The molecule has 1 fully saturated rings. The number of amides is 1. The van der Waals surface area contributed by atoms with Crippen LogP contribution in [0, 0.1) is 0 Å². The fraction of sp³-hybridized carbons (Fsp3) is 0.611. The van der Waals surface area contributed by atoms with E-state index in [1.54, 1.807) is 7.11 Å². The smallest absolute Gasteiger partial charge is 0.222 e. The van der Waals surface area contributed by atoms with E-state index in [0.717, 1.165) is 68.3 Å². The molecule has 1 aromatic carbocycles. The Morgan fingerprint density at radius 2 is 1.96 bits per heavy atom. The zero-order valence-corrected chi connectivity index (χ0v) is 14.9. The number of hydrogen-bond donors (Lipinski definition) is 0. The second-order valence-electron chi connectivity index (χ2n) is 6.07. The number of halogens is 1. The van der Waals surface area contributed by atoms with Crippen LogP contribution in [0.25, 0.3) is 0 Å². The summed E-state index contributed by atoms with van der Waals surface area (Å²) in [5.74, 6) is 1.17. The van der Waals surface area contributed by atoms with E-state index in [2.05, 4.69) is 11.8 Å². The third-order valence-corrected chi connectivity index (χ3v) is 4.59. The monoisotopic (exact) mass is 338 g/mol. The first-order chi connectivity index (χ1) is 11.1. The highest BCUT2D eigenvalue weighted by Crippen LogP contribution is 2.24. The minimum atomic E-state index is 0.304. The van der Waals surface area contributed by atoms with Crippen molar-refractivity contribution in [2.24, 2.45) is 0 Å². The number of ether oxygens (including phenoxy) is 1. The Balaban J connectivity index is 1.83. The topological polar surface area (TPSA) is 32.8 Å². The highest BCUT2D eigenvalue weighted by atomic mass is 35.5. The number of unbranched alkanes of at least 4 members (excludes halogenated alkanes) is 2. The molecule has 128 valence electrons. The lowest BCUT2D eigenvalue weighted by Crippen LogP contribution is -2.48. The lowest BCUT2D eigenvalue weighted by Gasteiger charge is -2.35. The molecular formula is C18H27ClN2O2. The molecule has 0 spiro atoms. The van der Waals surface area contributed by atoms with Crippen molar-refractivity contribution in [3.05, 3.63) is 28.8 Å². The number of piperazine rings is 1. The van der Waals surface area contributed by atoms with Crippen LogP contribution < -0.4 is 4.74 Å². The van der Waals surface area contributed by atoms with Crippen LogP contribution in [-0.4, -0.2) is 49.0 Å². The number of carbonyl (C=O) groups is 1. The molecule has 23 heavy (non-hydrogen) atoms. The van der Waals surface area contributed by atoms with E-state index in [1.807, 2.05) is 23.1 Å². The molecule has 1 saturated heterocycles. The molecule has 0 atom stereocenters. The molecule has 0 N–H and O–H groups in total. The molecule has 1 aliphatic heterocycles. The molecule has 1 amide bonds. The van der Waals surface area contributed by atoms with Gasteiger partial charge in [0.1, 0.15) is 5.75 Å². The molecule has 0 saturated carbocycles. The molecule has 0 aromatic heterocycles. The van der Waals surface area contributed by atoms with Gasteiger partial charge >= 0.3 is 0 Å². The van der Waals surface area contributed by atoms with Gasteiger partial charge in [-0.1, -0.05) is 31.4 Å². The zero-order valence-electron chi connectivity index (χ0n) is 14.2. The first-order valence-corrected chi connectivity index (χ1v) is 8.84. The van der Waals surface area contributed by atoms with Crippen molar-refractivity contribution in [1.82, 2.24) is 9.80 Å². The molecule has 0 bridgehead atoms. The summed E-state index contributed by atoms with van der Waals surface area (Å²) in [5.41, 5.74) is 1.10. The van der Waals surface area contributed by atoms with Gasteiger partial charge in [-0.3, -0.25) is 9.69 Å². The first kappa shape index (κ1) is 18.1. The zero-order chi connectivity index (χ0) is 16.7. The summed E-state index contributed by atoms with van der Waals surface area (Å²) in [6.07, 6.45) is 3.99. The van der Waals surface area contributed by atoms with Crippen LogP contribution >= 0.6 is 11.6 Å². The van der Waals surface area contributed by atoms with Gasteiger partial charge in [-0.25, -0.2) is 0 Å². The molecule has 1 heterocycles. The van der Waals surface area contributed by atoms with E-state index in [1.165, 1.54) is 0 Å². The van der Waals surface area contributed by atoms with Crippen molar-refractivity contribution in [3.63, 3.8) is 0 Å². The fourth-order valence-corrected chi connectivity index (χ4v) is 3.15. The minimum Gasteiger partial charge on any atom is -0.496 e. The third-order valence-electron chi connectivity index (χ3n) is 4.36. The van der Waals surface area contributed by atoms with Gasteiger partial charge in [-0.15, -0.1) is 0 Å². The number of nitrogens with zero attached hydrogens (tertiary/aromatic N) is 2. The molecule has 4 nitrogen and oxygen atoms in total. The van der Waals surface area contributed by atoms with Gasteiger partial charge in [0.05, 0.1) is 7.11 Å². The molecule has 1 aliphatic rings. The minimum absolute atomic E-state index is 0.304. The van der Waals surface area contributed by atoms with Crippen molar-refractivity contribution in [3.8, 4) is 5.75 Å². The van der Waals surface area contributed by atoms with Crippen molar-refractivity contribution in [2.75, 3.05) is 33.3 Å². The predicted octanol–water partition coefficient (Wildman–Crippen LogP) is 3.57. The van der Waals surface area contributed by atoms with Crippen LogP contribution in [0.5, 0.6) is 5.75 Å². The molecule has 1 aromatic rings. The standard InChI is InChI=1S/C18H27ClN2O2/c1-3-4-5-6-18(22)21-11-9-20(10-12-21)14-15-13-16(19)7-8-17(15)23-2/h7-8,13H,3-6,9-12,14H2,1-2H3. The summed E-state index contributed by atoms with van der Waals surface area (Å²) < 4.78 is 5.41. The van der Waals surface area contributed by atoms with Gasteiger partial charge in [-0.05, 0) is 24.6 Å². The SMILES string of the molecule is CCCCCC(=O)N1CCN(Cc2cc(Cl)ccc2OC)CC1. The van der Waals surface area contributed by atoms with E-state index >= 15 is 0 Å². The Morgan fingerprint density at radius 1 is 1.22 bits per heavy atom. The second kappa shape index (κ2) is 9.14. The van der Waals surface area contributed by atoms with E-state index < -0.39 is 0 Å². The normalized spacial score (nSPS) is 15.7. The summed E-state index contributed by atoms with van der Waals surface area (Å²) in [4.78, 5) is 16.5. The second-order valence-corrected chi connectivity index (χ2v) is 6.51. The fourth-order valence-electron chi connectivity index (χ4n) is 2.95. The van der Waals surface area contributed by atoms with Crippen LogP contribution in [0.15, 0.2) is 18.2 Å². The van der Waals surface area contributed by atoms with E-state index in [0.29, 0.717) is 12.3 Å². The summed E-state index contributed by atoms with van der Waals surface area (Å²) in [7, 11) is 1.68. The Hall–Kier alpha value is -1.26. The van der Waals surface area contributed by atoms with Crippen molar-refractivity contribution >= 4 is 17.5 Å². The van der Waals surface area contributed by atoms with E-state index in [9.17, 15) is 4.79 Å². The molecule has 0 aliphatic carbocycles. The number of methoxy groups -OCH3 is 1. The quantitative estimate of drug-likeness (QED) is 0.712. The Morgan fingerprint density at radius 3 is 2.61 bits per heavy atom. The lowest BCUT2D eigenvalue weighted by molar-refractivity contribution is -0.133. The molecule has 0 radical (unpaired) electrons. The maximum Gasteiger partial charge on any atom is 0.222 e. The van der Waals surface area contributed by atoms with Crippen LogP contribution in [0.1, 0.15) is 38.2 Å². The number of rotatable bonds is 7. The maximum absolute atomic E-state index is 12.2. The average Bonchev–Trinajstić information content (AvgIpc) is 2.56. The summed E-state index contributed by atoms with van der Waals surface area (Å²) in [5, 5.41) is 0.727. The van der Waals surface area contributed by atoms with Gasteiger partial charge in [0, 0.05) is 49.7 Å². The van der Waals surface area contributed by atoms with Crippen LogP contribution in [-0.2, 0) is 11.3 Å². The summed E-state index contributed by atoms with van der Waals surface area (Å²) in [6, 6.07) is 5.71. The van der Waals surface area contributed by atoms with Crippen LogP contribution in [0.2, 0.25) is 5.02 Å². The van der Waals surface area contributed by atoms with Crippen molar-refractivity contribution in [2.45, 2.75) is 39.2 Å². The van der Waals surface area contributed by atoms with E-state index in [4.69, 9.17) is 16.3 Å². The van der Waals surface area contributed by atoms with Gasteiger partial charge in [-0.2, -0.15) is 0 Å². The summed E-state index contributed by atoms with van der Waals surface area (Å²) in [6.45, 7) is 6.39. The van der Waals surface area contributed by atoms with Crippen molar-refractivity contribution in [1.29, 1.82) is 0 Å². The van der Waals surface area contributed by atoms with Gasteiger partial charge in [0.25, 0.3) is 0 Å². The van der Waals surface area contributed by atoms with Gasteiger partial charge in [0.15, 0.2) is 0 Å². The van der Waals surface area contributed by atoms with Gasteiger partial charge < -0.3 is 9.64 Å². The van der Waals surface area contributed by atoms with Crippen LogP contribution in [0.4, 0.5) is 0 Å². The molecule has 5 heteroatoms. The van der Waals surface area contributed by atoms with E-state index in [-0.39, 0.29) is 0 Å². The predicted molar refractivity (Wildman–Crippen MR) is 94.0 cm³/mol. The molecule has 2 rings (SSSR count). The first-order valence-electron chi connectivity index (χ1n) is 8.46. The lowest BCUT2D eigenvalue weighted by atomic mass is 10.1. The Labute approximate surface area is 144 Å². The largest absolute Gasteiger partial charge is 0.496 e. The highest BCUT2D eigenvalue weighted by molar-refractivity contribution is 6.30. The highest BCUT2D eigenvalue weighted by Gasteiger charge is 2.21. The third kappa shape index (κ3) is 5.40. The molecular weight excluding hydrogens is 312 g/mol. The molecule has 0 unspecified atom stereocenters. The average molecular weight is 339 g/mol. The summed E-state index contributed by atoms with van der Waals surface area (Å²) >= 11 is 6.09. The maximum atomic E-state index is 12.2. The van der Waals surface area contributed by atoms with Crippen molar-refractivity contribution < 1.29 is 9.53 Å². The Bertz CT molecular complexity index is 514. The number of carbonyl (C=O) groups excluding carboxylic acids is 1. The number of hydrogen-bond acceptors (Lipinski definition) is 3. The van der Waals surface area contributed by atoms with Gasteiger partial charge in [0.2, 0.25) is 5.91 Å². The van der Waals surface area contributed by atoms with Crippen LogP contribution in [0.3, 0.4) is 0 Å².